The number of likely N-dealkylation sites (tertiary alicyclic amines) is 2. The predicted octanol–water partition coefficient (Wildman–Crippen LogP) is 6.57. The summed E-state index contributed by atoms with van der Waals surface area (Å²) < 4.78 is 14.3. The van der Waals surface area contributed by atoms with Gasteiger partial charge in [-0.1, -0.05) is 63.9 Å². The van der Waals surface area contributed by atoms with Gasteiger partial charge < -0.3 is 29.2 Å². The third-order valence-electron chi connectivity index (χ3n) is 15.6. The van der Waals surface area contributed by atoms with Gasteiger partial charge in [-0.05, 0) is 132 Å². The molecule has 1 unspecified atom stereocenters. The number of rotatable bonds is 9. The molecule has 0 aliphatic carbocycles. The van der Waals surface area contributed by atoms with Crippen LogP contribution in [0.2, 0.25) is 0 Å². The molecule has 2 aromatic carbocycles. The monoisotopic (exact) mass is 983 g/mol. The average molecular weight is 983 g/mol. The minimum Gasteiger partial charge on any atom is -0.464 e. The van der Waals surface area contributed by atoms with Gasteiger partial charge in [0.15, 0.2) is 0 Å². The molecule has 0 radical (unpaired) electrons. The van der Waals surface area contributed by atoms with E-state index in [1.54, 1.807) is 23.1 Å². The van der Waals surface area contributed by atoms with E-state index in [4.69, 9.17) is 14.5 Å². The Balaban J connectivity index is 1.13. The van der Waals surface area contributed by atoms with E-state index in [1.165, 1.54) is 5.01 Å². The van der Waals surface area contributed by atoms with E-state index in [2.05, 4.69) is 84.3 Å². The summed E-state index contributed by atoms with van der Waals surface area (Å²) in [6, 6.07) is 16.0. The number of hydrogen-bond donors (Lipinski definition) is 2. The number of esters is 1. The summed E-state index contributed by atoms with van der Waals surface area (Å²) in [5, 5.41) is 5.66. The third kappa shape index (κ3) is 10.4. The fraction of sp³-hybridized carbons (Fsp3) is 0.544. The fourth-order valence-electron chi connectivity index (χ4n) is 11.0. The minimum atomic E-state index is -1.05. The van der Waals surface area contributed by atoms with Gasteiger partial charge in [-0.2, -0.15) is 0 Å². The van der Waals surface area contributed by atoms with Gasteiger partial charge in [-0.3, -0.25) is 38.9 Å². The number of hydrogen-bond acceptors (Lipinski definition) is 10. The molecule has 4 aliphatic rings. The predicted molar refractivity (Wildman–Crippen MR) is 278 cm³/mol. The van der Waals surface area contributed by atoms with Crippen molar-refractivity contribution in [3.8, 4) is 34.2 Å². The molecule has 0 saturated carbocycles. The van der Waals surface area contributed by atoms with Crippen LogP contribution in [0.3, 0.4) is 0 Å². The first-order valence-electron chi connectivity index (χ1n) is 25.7. The van der Waals surface area contributed by atoms with Crippen molar-refractivity contribution in [3.05, 3.63) is 77.6 Å². The molecular formula is C57H74N8O7. The molecular weight excluding hydrogens is 909 g/mol. The Morgan fingerprint density at radius 2 is 1.76 bits per heavy atom. The van der Waals surface area contributed by atoms with E-state index in [0.717, 1.165) is 50.1 Å². The van der Waals surface area contributed by atoms with Crippen LogP contribution < -0.4 is 10.7 Å². The molecule has 4 amide bonds. The van der Waals surface area contributed by atoms with Crippen molar-refractivity contribution in [2.75, 3.05) is 54.0 Å². The number of cyclic esters (lactones) is 1. The lowest BCUT2D eigenvalue weighted by molar-refractivity contribution is -0.155. The largest absolute Gasteiger partial charge is 0.464 e. The number of aryl methyl sites for hydroxylation is 1. The zero-order valence-electron chi connectivity index (χ0n) is 44.2. The van der Waals surface area contributed by atoms with Crippen LogP contribution in [-0.2, 0) is 52.8 Å². The van der Waals surface area contributed by atoms with Crippen molar-refractivity contribution in [1.82, 2.24) is 40.0 Å². The maximum atomic E-state index is 14.9. The number of hydrazine groups is 1. The number of nitrogens with one attached hydrogen (secondary N) is 2. The van der Waals surface area contributed by atoms with Crippen LogP contribution in [0.4, 0.5) is 0 Å². The van der Waals surface area contributed by atoms with Crippen molar-refractivity contribution in [3.63, 3.8) is 0 Å². The molecule has 4 aliphatic heterocycles. The number of benzene rings is 2. The van der Waals surface area contributed by atoms with Crippen LogP contribution in [0.25, 0.3) is 33.3 Å². The highest BCUT2D eigenvalue weighted by molar-refractivity contribution is 5.98. The Morgan fingerprint density at radius 3 is 2.49 bits per heavy atom. The summed E-state index contributed by atoms with van der Waals surface area (Å²) in [5.41, 5.74) is 9.19. The molecule has 8 rings (SSSR count). The van der Waals surface area contributed by atoms with Crippen molar-refractivity contribution < 1.29 is 33.4 Å². The first kappa shape index (κ1) is 52.2. The number of carbonyl (C=O) groups excluding carboxylic acids is 5. The summed E-state index contributed by atoms with van der Waals surface area (Å²) in [5.74, 6) is 3.84. The topological polar surface area (TPSA) is 159 Å². The number of aromatic nitrogens is 2. The third-order valence-corrected chi connectivity index (χ3v) is 15.6. The Labute approximate surface area is 425 Å². The molecule has 5 atom stereocenters. The summed E-state index contributed by atoms with van der Waals surface area (Å²) in [6.07, 6.45) is 4.28. The summed E-state index contributed by atoms with van der Waals surface area (Å²) in [6.45, 7) is 18.2. The molecule has 384 valence electrons. The van der Waals surface area contributed by atoms with Gasteiger partial charge in [-0.15, -0.1) is 0 Å². The highest BCUT2D eigenvalue weighted by Gasteiger charge is 2.54. The van der Waals surface area contributed by atoms with Crippen LogP contribution in [0.5, 0.6) is 0 Å². The number of pyridine rings is 1. The number of amides is 4. The molecule has 4 aromatic rings. The number of fused-ring (bicyclic) bond motifs is 6. The molecule has 15 heteroatoms. The molecule has 3 saturated heterocycles. The molecule has 6 bridgehead atoms. The highest BCUT2D eigenvalue weighted by atomic mass is 16.5. The van der Waals surface area contributed by atoms with Crippen LogP contribution in [0.1, 0.15) is 104 Å². The minimum absolute atomic E-state index is 0.135. The van der Waals surface area contributed by atoms with Crippen LogP contribution in [0.15, 0.2) is 60.8 Å². The Kier molecular flexibility index (Phi) is 15.1. The standard InChI is InChI=1S/C57H74N8O7/c1-12-63-46-21-20-40-32-42(46)43(50(63)41-18-14-26-58-48(41)37(4)71-11)33-55(5,6)35-72-53(69)44-19-15-27-65(60-44)52(68)45(31-38-16-13-17-39(40)30-38)59-51(67)49(36(2)3)64-29-25-57(54(64)70)24-28-62(34-57)47(66)22-23-56(7,8)61(9)10/h13-14,16-18,20-21,26,30,32,36-37,44-45,49,60H,12,15,19,24-25,27-29,31,33-35H2,1-11H3,(H,59,67)/t37-,44-,45-,49?,57+/m0/s1. The van der Waals surface area contributed by atoms with Gasteiger partial charge >= 0.3 is 5.97 Å². The summed E-state index contributed by atoms with van der Waals surface area (Å²) in [4.78, 5) is 81.7. The molecule has 2 aromatic heterocycles. The van der Waals surface area contributed by atoms with Crippen LogP contribution in [0, 0.1) is 28.6 Å². The van der Waals surface area contributed by atoms with E-state index in [9.17, 15) is 24.0 Å². The second kappa shape index (κ2) is 20.8. The maximum absolute atomic E-state index is 14.9. The quantitative estimate of drug-likeness (QED) is 0.139. The normalized spacial score (nSPS) is 22.5. The number of carbonyl (C=O) groups is 5. The van der Waals surface area contributed by atoms with Crippen molar-refractivity contribution in [2.24, 2.45) is 16.7 Å². The van der Waals surface area contributed by atoms with E-state index in [-0.39, 0.29) is 49.3 Å². The second-order valence-corrected chi connectivity index (χ2v) is 22.2. The summed E-state index contributed by atoms with van der Waals surface area (Å²) in [7, 11) is 5.52. The molecule has 2 N–H and O–H groups in total. The molecule has 15 nitrogen and oxygen atoms in total. The lowest BCUT2D eigenvalue weighted by atomic mass is 9.84. The fourth-order valence-corrected chi connectivity index (χ4v) is 11.0. The zero-order chi connectivity index (χ0) is 51.9. The first-order chi connectivity index (χ1) is 34.2. The Bertz CT molecular complexity index is 2800. The molecule has 1 spiro atoms. The van der Waals surface area contributed by atoms with Crippen LogP contribution in [-0.4, -0.2) is 137 Å². The molecule has 6 heterocycles. The van der Waals surface area contributed by atoms with Gasteiger partial charge in [0.2, 0.25) is 11.8 Å². The zero-order valence-corrected chi connectivity index (χ0v) is 44.2. The smallest absolute Gasteiger partial charge is 0.324 e. The lowest BCUT2D eigenvalue weighted by Gasteiger charge is -2.37. The summed E-state index contributed by atoms with van der Waals surface area (Å²) >= 11 is 0. The Morgan fingerprint density at radius 1 is 1.01 bits per heavy atom. The van der Waals surface area contributed by atoms with E-state index >= 15 is 0 Å². The second-order valence-electron chi connectivity index (χ2n) is 22.2. The van der Waals surface area contributed by atoms with Gasteiger partial charge in [0, 0.05) is 74.3 Å². The van der Waals surface area contributed by atoms with E-state index in [1.807, 2.05) is 71.8 Å². The molecule has 72 heavy (non-hydrogen) atoms. The maximum Gasteiger partial charge on any atom is 0.324 e. The number of ether oxygens (including phenoxy) is 2. The van der Waals surface area contributed by atoms with Gasteiger partial charge in [-0.25, -0.2) is 5.43 Å². The van der Waals surface area contributed by atoms with E-state index in [0.29, 0.717) is 58.3 Å². The van der Waals surface area contributed by atoms with Gasteiger partial charge in [0.05, 0.1) is 35.1 Å². The molecule has 3 fully saturated rings. The van der Waals surface area contributed by atoms with Crippen LogP contribution >= 0.6 is 0 Å². The van der Waals surface area contributed by atoms with Crippen molar-refractivity contribution >= 4 is 40.5 Å². The highest BCUT2D eigenvalue weighted by Crippen LogP contribution is 2.44. The average Bonchev–Trinajstić information content (AvgIpc) is 4.03. The SMILES string of the molecule is CCn1c(-c2cccnc2[C@H](C)OC)c2c3cc(ccc31)-c1cccc(c1)C[C@H](NC(=O)C(C(C)C)N1CC[C@@]3(CCN(C(=O)C#CC(C)(C)N(C)C)C3)C1=O)C(=O)N1CCC[C@H](N1)C(=O)OCC(C)(C)C2. The Hall–Kier alpha value is -6.08. The van der Waals surface area contributed by atoms with Gasteiger partial charge in [0.25, 0.3) is 11.8 Å². The first-order valence-corrected chi connectivity index (χ1v) is 25.7. The van der Waals surface area contributed by atoms with Crippen molar-refractivity contribution in [1.29, 1.82) is 0 Å². The lowest BCUT2D eigenvalue weighted by Crippen LogP contribution is -2.62. The van der Waals surface area contributed by atoms with Crippen molar-refractivity contribution in [2.45, 2.75) is 130 Å². The number of methoxy groups -OCH3 is 1. The van der Waals surface area contributed by atoms with E-state index < -0.39 is 46.4 Å². The van der Waals surface area contributed by atoms with Gasteiger partial charge in [0.1, 0.15) is 18.1 Å². The number of nitrogens with zero attached hydrogens (tertiary/aromatic N) is 6.